The number of piperidine rings is 2. The molecule has 0 radical (unpaired) electrons. The highest BCUT2D eigenvalue weighted by molar-refractivity contribution is 7.93. The van der Waals surface area contributed by atoms with Gasteiger partial charge in [-0.05, 0) is 55.4 Å². The summed E-state index contributed by atoms with van der Waals surface area (Å²) >= 11 is 0. The van der Waals surface area contributed by atoms with Gasteiger partial charge >= 0.3 is 5.97 Å². The third kappa shape index (κ3) is 6.18. The standard InChI is InChI=1S/C28H33F2N7O4S/c1-41-25(38)19-42(39,40)34-21-2-3-23(24(16-21)35-12-7-27(5-6-27)8-13-35)37-18-20(17-32-37)22-4-11-31-26(33-22)36-14-9-28(29,30)10-15-36/h2-4,11,16-18,34H,5-10,12-15,19H2,1H3. The second-order valence-electron chi connectivity index (χ2n) is 11.4. The number of sulfonamides is 1. The van der Waals surface area contributed by atoms with Crippen LogP contribution in [0.15, 0.2) is 42.9 Å². The monoisotopic (exact) mass is 601 g/mol. The van der Waals surface area contributed by atoms with E-state index in [-0.39, 0.29) is 25.9 Å². The molecule has 2 aliphatic heterocycles. The molecule has 42 heavy (non-hydrogen) atoms. The van der Waals surface area contributed by atoms with E-state index in [0.29, 0.717) is 22.7 Å². The van der Waals surface area contributed by atoms with Crippen LogP contribution in [0.25, 0.3) is 16.9 Å². The third-order valence-corrected chi connectivity index (χ3v) is 9.61. The van der Waals surface area contributed by atoms with Crippen molar-refractivity contribution in [2.24, 2.45) is 5.41 Å². The highest BCUT2D eigenvalue weighted by Gasteiger charge is 2.44. The van der Waals surface area contributed by atoms with E-state index in [4.69, 9.17) is 0 Å². The fourth-order valence-electron chi connectivity index (χ4n) is 5.64. The number of rotatable bonds is 8. The predicted octanol–water partition coefficient (Wildman–Crippen LogP) is 3.86. The Bertz CT molecular complexity index is 1570. The molecular weight excluding hydrogens is 568 g/mol. The number of benzene rings is 1. The molecule has 224 valence electrons. The molecule has 0 unspecified atom stereocenters. The maximum atomic E-state index is 13.6. The van der Waals surface area contributed by atoms with Gasteiger partial charge < -0.3 is 14.5 Å². The van der Waals surface area contributed by atoms with Gasteiger partial charge in [-0.15, -0.1) is 0 Å². The molecule has 1 aliphatic carbocycles. The van der Waals surface area contributed by atoms with Crippen molar-refractivity contribution in [3.05, 3.63) is 42.9 Å². The molecule has 1 aromatic carbocycles. The second kappa shape index (κ2) is 10.8. The van der Waals surface area contributed by atoms with E-state index in [9.17, 15) is 22.0 Å². The van der Waals surface area contributed by atoms with Crippen LogP contribution in [0.5, 0.6) is 0 Å². The first-order valence-corrected chi connectivity index (χ1v) is 15.7. The summed E-state index contributed by atoms with van der Waals surface area (Å²) in [5.41, 5.74) is 3.71. The Hall–Kier alpha value is -3.81. The smallest absolute Gasteiger partial charge is 0.322 e. The van der Waals surface area contributed by atoms with Crippen LogP contribution in [0.3, 0.4) is 0 Å². The molecule has 0 atom stereocenters. The quantitative estimate of drug-likeness (QED) is 0.384. The maximum Gasteiger partial charge on any atom is 0.322 e. The molecule has 3 fully saturated rings. The van der Waals surface area contributed by atoms with Crippen LogP contribution in [-0.4, -0.2) is 79.1 Å². The lowest BCUT2D eigenvalue weighted by Crippen LogP contribution is -2.40. The van der Waals surface area contributed by atoms with Gasteiger partial charge in [-0.25, -0.2) is 31.8 Å². The average Bonchev–Trinajstić information content (AvgIpc) is 3.53. The predicted molar refractivity (Wildman–Crippen MR) is 154 cm³/mol. The molecule has 4 heterocycles. The van der Waals surface area contributed by atoms with Crippen molar-refractivity contribution < 1.29 is 26.7 Å². The number of hydrogen-bond acceptors (Lipinski definition) is 9. The van der Waals surface area contributed by atoms with Crippen molar-refractivity contribution in [3.63, 3.8) is 0 Å². The van der Waals surface area contributed by atoms with Crippen LogP contribution in [0.1, 0.15) is 38.5 Å². The van der Waals surface area contributed by atoms with Crippen LogP contribution in [0, 0.1) is 5.41 Å². The number of ether oxygens (including phenoxy) is 1. The lowest BCUT2D eigenvalue weighted by Gasteiger charge is -2.35. The van der Waals surface area contributed by atoms with Crippen LogP contribution in [0.2, 0.25) is 0 Å². The van der Waals surface area contributed by atoms with Gasteiger partial charge in [0.1, 0.15) is 0 Å². The number of hydrogen-bond donors (Lipinski definition) is 1. The number of carbonyl (C=O) groups excluding carboxylic acids is 1. The number of nitrogens with zero attached hydrogens (tertiary/aromatic N) is 6. The van der Waals surface area contributed by atoms with Gasteiger partial charge in [-0.3, -0.25) is 9.52 Å². The van der Waals surface area contributed by atoms with E-state index >= 15 is 0 Å². The molecule has 6 rings (SSSR count). The van der Waals surface area contributed by atoms with E-state index in [0.717, 1.165) is 50.0 Å². The van der Waals surface area contributed by atoms with Crippen LogP contribution in [-0.2, 0) is 19.6 Å². The number of nitrogens with one attached hydrogen (secondary N) is 1. The zero-order valence-corrected chi connectivity index (χ0v) is 24.1. The molecule has 3 aromatic rings. The summed E-state index contributed by atoms with van der Waals surface area (Å²) in [4.78, 5) is 24.5. The fraction of sp³-hybridized carbons (Fsp3) is 0.500. The Morgan fingerprint density at radius 2 is 1.71 bits per heavy atom. The number of carbonyl (C=O) groups is 1. The Labute approximate surface area is 242 Å². The fourth-order valence-corrected chi connectivity index (χ4v) is 6.63. The topological polar surface area (TPSA) is 123 Å². The van der Waals surface area contributed by atoms with Gasteiger partial charge in [-0.1, -0.05) is 0 Å². The normalized spacial score (nSPS) is 19.5. The Kier molecular flexibility index (Phi) is 7.27. The summed E-state index contributed by atoms with van der Waals surface area (Å²) in [6, 6.07) is 6.95. The van der Waals surface area contributed by atoms with Crippen molar-refractivity contribution in [2.45, 2.75) is 44.4 Å². The molecule has 11 nitrogen and oxygen atoms in total. The number of methoxy groups -OCH3 is 1. The number of halogens is 2. The van der Waals surface area contributed by atoms with E-state index in [1.54, 1.807) is 46.2 Å². The minimum atomic E-state index is -3.96. The van der Waals surface area contributed by atoms with E-state index < -0.39 is 27.7 Å². The molecular formula is C28H33F2N7O4S. The number of esters is 1. The first kappa shape index (κ1) is 28.3. The van der Waals surface area contributed by atoms with Gasteiger partial charge in [-0.2, -0.15) is 5.10 Å². The van der Waals surface area contributed by atoms with E-state index in [2.05, 4.69) is 29.4 Å². The Morgan fingerprint density at radius 3 is 2.40 bits per heavy atom. The lowest BCUT2D eigenvalue weighted by atomic mass is 9.93. The molecule has 3 aliphatic rings. The van der Waals surface area contributed by atoms with Crippen molar-refractivity contribution in [1.82, 2.24) is 19.7 Å². The number of alkyl halides is 2. The van der Waals surface area contributed by atoms with Crippen molar-refractivity contribution in [1.29, 1.82) is 0 Å². The minimum absolute atomic E-state index is 0.186. The van der Waals surface area contributed by atoms with Crippen LogP contribution >= 0.6 is 0 Å². The SMILES string of the molecule is COC(=O)CS(=O)(=O)Nc1ccc(-n2cc(-c3ccnc(N4CCC(F)(F)CC4)n3)cn2)c(N2CCC3(CC2)CC3)c1. The highest BCUT2D eigenvalue weighted by atomic mass is 32.2. The van der Waals surface area contributed by atoms with Gasteiger partial charge in [0.05, 0.1) is 36.1 Å². The molecule has 2 aromatic heterocycles. The summed E-state index contributed by atoms with van der Waals surface area (Å²) in [7, 11) is -2.81. The summed E-state index contributed by atoms with van der Waals surface area (Å²) in [5.74, 6) is -3.88. The van der Waals surface area contributed by atoms with E-state index in [1.165, 1.54) is 12.8 Å². The molecule has 1 saturated carbocycles. The molecule has 1 N–H and O–H groups in total. The zero-order chi connectivity index (χ0) is 29.5. The summed E-state index contributed by atoms with van der Waals surface area (Å²) in [5, 5.41) is 4.59. The lowest BCUT2D eigenvalue weighted by molar-refractivity contribution is -0.137. The van der Waals surface area contributed by atoms with Crippen LogP contribution < -0.4 is 14.5 Å². The first-order valence-electron chi connectivity index (χ1n) is 14.0. The third-order valence-electron chi connectivity index (χ3n) is 8.45. The number of aromatic nitrogens is 4. The highest BCUT2D eigenvalue weighted by Crippen LogP contribution is 2.54. The van der Waals surface area contributed by atoms with Gasteiger partial charge in [0.2, 0.25) is 16.0 Å². The average molecular weight is 602 g/mol. The van der Waals surface area contributed by atoms with Crippen LogP contribution in [0.4, 0.5) is 26.1 Å². The summed E-state index contributed by atoms with van der Waals surface area (Å²) < 4.78 is 61.1. The Balaban J connectivity index is 1.27. The maximum absolute atomic E-state index is 13.6. The van der Waals surface area contributed by atoms with Gasteiger partial charge in [0, 0.05) is 57.0 Å². The molecule has 14 heteroatoms. The van der Waals surface area contributed by atoms with Crippen molar-refractivity contribution in [3.8, 4) is 16.9 Å². The zero-order valence-electron chi connectivity index (χ0n) is 23.3. The van der Waals surface area contributed by atoms with Gasteiger partial charge in [0.25, 0.3) is 5.92 Å². The molecule has 2 saturated heterocycles. The molecule has 0 amide bonds. The largest absolute Gasteiger partial charge is 0.468 e. The van der Waals surface area contributed by atoms with Crippen molar-refractivity contribution >= 4 is 33.3 Å². The first-order chi connectivity index (χ1) is 20.0. The second-order valence-corrected chi connectivity index (χ2v) is 13.1. The minimum Gasteiger partial charge on any atom is -0.468 e. The molecule has 0 bridgehead atoms. The van der Waals surface area contributed by atoms with Gasteiger partial charge in [0.15, 0.2) is 5.75 Å². The summed E-state index contributed by atoms with van der Waals surface area (Å²) in [6.45, 7) is 2.05. The Morgan fingerprint density at radius 1 is 1.00 bits per heavy atom. The van der Waals surface area contributed by atoms with Crippen molar-refractivity contribution in [2.75, 3.05) is 53.6 Å². The molecule has 1 spiro atoms. The number of anilines is 3. The summed E-state index contributed by atoms with van der Waals surface area (Å²) in [6.07, 6.45) is 9.33. The van der Waals surface area contributed by atoms with E-state index in [1.807, 2.05) is 6.20 Å².